The van der Waals surface area contributed by atoms with Crippen LogP contribution < -0.4 is 10.0 Å². The molecule has 1 saturated heterocycles. The topological polar surface area (TPSA) is 113 Å². The second-order valence-electron chi connectivity index (χ2n) is 6.78. The largest absolute Gasteiger partial charge is 0.322 e. The van der Waals surface area contributed by atoms with Gasteiger partial charge in [0.05, 0.1) is 9.79 Å². The molecule has 3 rings (SSSR count). The standard InChI is InChI=1S/C19H23N3O5S2/c1-14-5-8-16(13-18(14)28(24,25)20-2)21-19(23)15-6-9-17(10-7-15)29(26,27)22-11-3-4-12-22/h5-10,13,20H,3-4,11-12H2,1-2H3,(H,21,23). The third kappa shape index (κ3) is 4.50. The Labute approximate surface area is 171 Å². The molecule has 1 aliphatic rings. The molecule has 156 valence electrons. The fourth-order valence-electron chi connectivity index (χ4n) is 3.14. The number of carbonyl (C=O) groups is 1. The van der Waals surface area contributed by atoms with Crippen LogP contribution in [0.2, 0.25) is 0 Å². The van der Waals surface area contributed by atoms with E-state index in [1.165, 1.54) is 41.7 Å². The van der Waals surface area contributed by atoms with E-state index < -0.39 is 26.0 Å². The van der Waals surface area contributed by atoms with Gasteiger partial charge in [0.2, 0.25) is 20.0 Å². The number of hydrogen-bond donors (Lipinski definition) is 2. The van der Waals surface area contributed by atoms with Crippen molar-refractivity contribution in [1.29, 1.82) is 0 Å². The molecular weight excluding hydrogens is 414 g/mol. The molecule has 0 spiro atoms. The summed E-state index contributed by atoms with van der Waals surface area (Å²) in [6.07, 6.45) is 1.70. The smallest absolute Gasteiger partial charge is 0.255 e. The fraction of sp³-hybridized carbons (Fsp3) is 0.316. The van der Waals surface area contributed by atoms with Gasteiger partial charge in [-0.15, -0.1) is 0 Å². The Bertz CT molecular complexity index is 1120. The van der Waals surface area contributed by atoms with Gasteiger partial charge in [-0.2, -0.15) is 4.31 Å². The van der Waals surface area contributed by atoms with Crippen LogP contribution in [0.15, 0.2) is 52.3 Å². The molecule has 0 atom stereocenters. The molecule has 0 radical (unpaired) electrons. The molecule has 0 aliphatic carbocycles. The zero-order valence-electron chi connectivity index (χ0n) is 16.2. The van der Waals surface area contributed by atoms with Crippen LogP contribution in [-0.2, 0) is 20.0 Å². The maximum absolute atomic E-state index is 12.6. The van der Waals surface area contributed by atoms with Gasteiger partial charge < -0.3 is 5.32 Å². The number of hydrogen-bond acceptors (Lipinski definition) is 5. The Hall–Kier alpha value is -2.27. The molecule has 2 N–H and O–H groups in total. The van der Waals surface area contributed by atoms with E-state index in [-0.39, 0.29) is 15.4 Å². The van der Waals surface area contributed by atoms with Crippen molar-refractivity contribution in [2.75, 3.05) is 25.5 Å². The average molecular weight is 438 g/mol. The van der Waals surface area contributed by atoms with E-state index in [0.717, 1.165) is 12.8 Å². The normalized spacial score (nSPS) is 15.4. The third-order valence-electron chi connectivity index (χ3n) is 4.82. The summed E-state index contributed by atoms with van der Waals surface area (Å²) < 4.78 is 53.0. The Morgan fingerprint density at radius 1 is 0.966 bits per heavy atom. The Morgan fingerprint density at radius 3 is 2.17 bits per heavy atom. The first-order valence-electron chi connectivity index (χ1n) is 9.11. The molecule has 29 heavy (non-hydrogen) atoms. The second kappa shape index (κ2) is 8.23. The molecule has 8 nitrogen and oxygen atoms in total. The van der Waals surface area contributed by atoms with E-state index in [1.54, 1.807) is 19.1 Å². The van der Waals surface area contributed by atoms with Crippen LogP contribution in [-0.4, -0.2) is 47.2 Å². The molecule has 0 saturated carbocycles. The molecule has 1 heterocycles. The highest BCUT2D eigenvalue weighted by atomic mass is 32.2. The molecule has 10 heteroatoms. The summed E-state index contributed by atoms with van der Waals surface area (Å²) in [6.45, 7) is 2.68. The first-order chi connectivity index (χ1) is 13.6. The van der Waals surface area contributed by atoms with Crippen molar-refractivity contribution < 1.29 is 21.6 Å². The molecule has 1 amide bonds. The zero-order chi connectivity index (χ0) is 21.2. The summed E-state index contributed by atoms with van der Waals surface area (Å²) in [4.78, 5) is 12.7. The summed E-state index contributed by atoms with van der Waals surface area (Å²) in [5.41, 5.74) is 1.14. The lowest BCUT2D eigenvalue weighted by molar-refractivity contribution is 0.102. The van der Waals surface area contributed by atoms with Crippen molar-refractivity contribution in [3.05, 3.63) is 53.6 Å². The van der Waals surface area contributed by atoms with Gasteiger partial charge in [0, 0.05) is 24.3 Å². The Kier molecular flexibility index (Phi) is 6.08. The van der Waals surface area contributed by atoms with Gasteiger partial charge in [0.15, 0.2) is 0 Å². The average Bonchev–Trinajstić information content (AvgIpc) is 3.25. The summed E-state index contributed by atoms with van der Waals surface area (Å²) in [7, 11) is -5.88. The molecule has 1 fully saturated rings. The minimum Gasteiger partial charge on any atom is -0.322 e. The SMILES string of the molecule is CNS(=O)(=O)c1cc(NC(=O)c2ccc(S(=O)(=O)N3CCCC3)cc2)ccc1C. The van der Waals surface area contributed by atoms with Crippen LogP contribution in [0.5, 0.6) is 0 Å². The lowest BCUT2D eigenvalue weighted by Crippen LogP contribution is -2.27. The first-order valence-corrected chi connectivity index (χ1v) is 12.0. The fourth-order valence-corrected chi connectivity index (χ4v) is 5.65. The van der Waals surface area contributed by atoms with E-state index in [2.05, 4.69) is 10.0 Å². The minimum atomic E-state index is -3.65. The lowest BCUT2D eigenvalue weighted by Gasteiger charge is -2.15. The summed E-state index contributed by atoms with van der Waals surface area (Å²) in [5, 5.41) is 2.64. The van der Waals surface area contributed by atoms with E-state index in [0.29, 0.717) is 24.3 Å². The van der Waals surface area contributed by atoms with E-state index in [4.69, 9.17) is 0 Å². The summed E-state index contributed by atoms with van der Waals surface area (Å²) in [6, 6.07) is 10.3. The number of benzene rings is 2. The van der Waals surface area contributed by atoms with Gasteiger partial charge in [-0.3, -0.25) is 4.79 Å². The van der Waals surface area contributed by atoms with Gasteiger partial charge in [-0.05, 0) is 68.8 Å². The number of rotatable bonds is 6. The third-order valence-corrected chi connectivity index (χ3v) is 8.29. The van der Waals surface area contributed by atoms with E-state index >= 15 is 0 Å². The number of nitrogens with one attached hydrogen (secondary N) is 2. The van der Waals surface area contributed by atoms with Crippen LogP contribution in [0.4, 0.5) is 5.69 Å². The van der Waals surface area contributed by atoms with Crippen molar-refractivity contribution >= 4 is 31.6 Å². The van der Waals surface area contributed by atoms with Crippen LogP contribution >= 0.6 is 0 Å². The van der Waals surface area contributed by atoms with E-state index in [9.17, 15) is 21.6 Å². The minimum absolute atomic E-state index is 0.0739. The van der Waals surface area contributed by atoms with Gasteiger partial charge in [-0.25, -0.2) is 21.6 Å². The molecule has 0 aromatic heterocycles. The zero-order valence-corrected chi connectivity index (χ0v) is 17.8. The van der Waals surface area contributed by atoms with Crippen LogP contribution in [0.3, 0.4) is 0 Å². The maximum atomic E-state index is 12.6. The summed E-state index contributed by atoms with van der Waals surface area (Å²) >= 11 is 0. The highest BCUT2D eigenvalue weighted by Gasteiger charge is 2.27. The highest BCUT2D eigenvalue weighted by Crippen LogP contribution is 2.23. The van der Waals surface area contributed by atoms with Crippen molar-refractivity contribution in [2.45, 2.75) is 29.6 Å². The summed E-state index contributed by atoms with van der Waals surface area (Å²) in [5.74, 6) is -0.466. The molecule has 2 aromatic rings. The number of carbonyl (C=O) groups excluding carboxylic acids is 1. The van der Waals surface area contributed by atoms with Gasteiger partial charge in [-0.1, -0.05) is 6.07 Å². The van der Waals surface area contributed by atoms with Crippen molar-refractivity contribution in [2.24, 2.45) is 0 Å². The Balaban J connectivity index is 1.79. The quantitative estimate of drug-likeness (QED) is 0.717. The number of aryl methyl sites for hydroxylation is 1. The second-order valence-corrected chi connectivity index (χ2v) is 10.6. The predicted octanol–water partition coefficient (Wildman–Crippen LogP) is 1.94. The van der Waals surface area contributed by atoms with Crippen molar-refractivity contribution in [3.63, 3.8) is 0 Å². The van der Waals surface area contributed by atoms with Crippen LogP contribution in [0.25, 0.3) is 0 Å². The monoisotopic (exact) mass is 437 g/mol. The number of amides is 1. The molecule has 1 aliphatic heterocycles. The first kappa shape index (κ1) is 21.4. The maximum Gasteiger partial charge on any atom is 0.255 e. The van der Waals surface area contributed by atoms with Gasteiger partial charge >= 0.3 is 0 Å². The van der Waals surface area contributed by atoms with E-state index in [1.807, 2.05) is 0 Å². The van der Waals surface area contributed by atoms with Crippen molar-refractivity contribution in [1.82, 2.24) is 9.03 Å². The Morgan fingerprint density at radius 2 is 1.59 bits per heavy atom. The molecule has 0 unspecified atom stereocenters. The molecular formula is C19H23N3O5S2. The number of nitrogens with zero attached hydrogens (tertiary/aromatic N) is 1. The van der Waals surface area contributed by atoms with Gasteiger partial charge in [0.25, 0.3) is 5.91 Å². The van der Waals surface area contributed by atoms with Crippen LogP contribution in [0.1, 0.15) is 28.8 Å². The lowest BCUT2D eigenvalue weighted by atomic mass is 10.2. The number of anilines is 1. The van der Waals surface area contributed by atoms with Gasteiger partial charge in [0.1, 0.15) is 0 Å². The molecule has 0 bridgehead atoms. The predicted molar refractivity (Wildman–Crippen MR) is 110 cm³/mol. The van der Waals surface area contributed by atoms with Crippen LogP contribution in [0, 0.1) is 6.92 Å². The highest BCUT2D eigenvalue weighted by molar-refractivity contribution is 7.89. The molecule has 2 aromatic carbocycles. The van der Waals surface area contributed by atoms with Crippen molar-refractivity contribution in [3.8, 4) is 0 Å². The number of sulfonamides is 2.